The summed E-state index contributed by atoms with van der Waals surface area (Å²) in [6.07, 6.45) is 4.42. The van der Waals surface area contributed by atoms with Crippen LogP contribution >= 0.6 is 11.6 Å². The number of hydrogen-bond donors (Lipinski definition) is 1. The second kappa shape index (κ2) is 8.50. The van der Waals surface area contributed by atoms with E-state index in [1.54, 1.807) is 37.7 Å². The summed E-state index contributed by atoms with van der Waals surface area (Å²) in [4.78, 5) is 18.0. The SMILES string of the molecule is COc1ccc(NC(=O)CN(C)CCc2ccncc2)cc1Cl. The lowest BCUT2D eigenvalue weighted by Crippen LogP contribution is -2.31. The highest BCUT2D eigenvalue weighted by Crippen LogP contribution is 2.27. The second-order valence-corrected chi connectivity index (χ2v) is 5.65. The topological polar surface area (TPSA) is 54.5 Å². The van der Waals surface area contributed by atoms with E-state index in [4.69, 9.17) is 16.3 Å². The molecule has 5 nitrogen and oxygen atoms in total. The van der Waals surface area contributed by atoms with Crippen molar-refractivity contribution in [3.8, 4) is 5.75 Å². The second-order valence-electron chi connectivity index (χ2n) is 5.24. The monoisotopic (exact) mass is 333 g/mol. The molecule has 0 fully saturated rings. The van der Waals surface area contributed by atoms with Gasteiger partial charge < -0.3 is 10.1 Å². The summed E-state index contributed by atoms with van der Waals surface area (Å²) < 4.78 is 5.09. The first-order chi connectivity index (χ1) is 11.1. The number of halogens is 1. The molecule has 0 aliphatic carbocycles. The Bertz CT molecular complexity index is 650. The molecule has 0 spiro atoms. The van der Waals surface area contributed by atoms with E-state index in [0.29, 0.717) is 23.0 Å². The summed E-state index contributed by atoms with van der Waals surface area (Å²) in [7, 11) is 3.47. The van der Waals surface area contributed by atoms with E-state index in [-0.39, 0.29) is 5.91 Å². The van der Waals surface area contributed by atoms with Crippen molar-refractivity contribution in [2.24, 2.45) is 0 Å². The maximum atomic E-state index is 12.1. The summed E-state index contributed by atoms with van der Waals surface area (Å²) in [5.74, 6) is 0.502. The Labute approximate surface area is 141 Å². The van der Waals surface area contributed by atoms with Crippen LogP contribution in [0.4, 0.5) is 5.69 Å². The number of amides is 1. The minimum Gasteiger partial charge on any atom is -0.495 e. The average Bonchev–Trinajstić information content (AvgIpc) is 2.54. The third-order valence-electron chi connectivity index (χ3n) is 3.38. The summed E-state index contributed by atoms with van der Waals surface area (Å²) in [6.45, 7) is 1.11. The summed E-state index contributed by atoms with van der Waals surface area (Å²) >= 11 is 6.04. The van der Waals surface area contributed by atoms with Gasteiger partial charge in [0.1, 0.15) is 5.75 Å². The van der Waals surface area contributed by atoms with Gasteiger partial charge in [0, 0.05) is 24.6 Å². The Kier molecular flexibility index (Phi) is 6.38. The molecule has 2 aromatic rings. The Balaban J connectivity index is 1.80. The first kappa shape index (κ1) is 17.2. The molecule has 23 heavy (non-hydrogen) atoms. The Morgan fingerprint density at radius 2 is 2.04 bits per heavy atom. The number of benzene rings is 1. The molecule has 0 saturated carbocycles. The van der Waals surface area contributed by atoms with Crippen molar-refractivity contribution in [2.45, 2.75) is 6.42 Å². The fourth-order valence-corrected chi connectivity index (χ4v) is 2.40. The van der Waals surface area contributed by atoms with Crippen LogP contribution < -0.4 is 10.1 Å². The molecular formula is C17H20ClN3O2. The van der Waals surface area contributed by atoms with Gasteiger partial charge in [0.25, 0.3) is 0 Å². The molecule has 1 heterocycles. The molecule has 0 aliphatic heterocycles. The van der Waals surface area contributed by atoms with Crippen molar-refractivity contribution in [3.05, 3.63) is 53.3 Å². The number of nitrogens with one attached hydrogen (secondary N) is 1. The van der Waals surface area contributed by atoms with Crippen LogP contribution in [0.1, 0.15) is 5.56 Å². The molecule has 1 amide bonds. The van der Waals surface area contributed by atoms with E-state index < -0.39 is 0 Å². The fraction of sp³-hybridized carbons (Fsp3) is 0.294. The summed E-state index contributed by atoms with van der Waals surface area (Å²) in [5, 5.41) is 3.30. The standard InChI is InChI=1S/C17H20ClN3O2/c1-21(10-7-13-5-8-19-9-6-13)12-17(22)20-14-3-4-16(23-2)15(18)11-14/h3-6,8-9,11H,7,10,12H2,1-2H3,(H,20,22). The van der Waals surface area contributed by atoms with Crippen molar-refractivity contribution in [1.29, 1.82) is 0 Å². The van der Waals surface area contributed by atoms with Crippen LogP contribution in [0.15, 0.2) is 42.7 Å². The van der Waals surface area contributed by atoms with E-state index in [9.17, 15) is 4.79 Å². The molecular weight excluding hydrogens is 314 g/mol. The van der Waals surface area contributed by atoms with Crippen molar-refractivity contribution in [2.75, 3.05) is 32.6 Å². The van der Waals surface area contributed by atoms with E-state index in [2.05, 4.69) is 10.3 Å². The normalized spacial score (nSPS) is 10.6. The van der Waals surface area contributed by atoms with Crippen molar-refractivity contribution < 1.29 is 9.53 Å². The lowest BCUT2D eigenvalue weighted by Gasteiger charge is -2.16. The van der Waals surface area contributed by atoms with Crippen molar-refractivity contribution in [1.82, 2.24) is 9.88 Å². The largest absolute Gasteiger partial charge is 0.495 e. The highest BCUT2D eigenvalue weighted by atomic mass is 35.5. The van der Waals surface area contributed by atoms with E-state index in [1.165, 1.54) is 5.56 Å². The number of pyridine rings is 1. The molecule has 1 aromatic carbocycles. The molecule has 0 unspecified atom stereocenters. The maximum Gasteiger partial charge on any atom is 0.238 e. The third kappa shape index (κ3) is 5.54. The number of aromatic nitrogens is 1. The minimum absolute atomic E-state index is 0.0801. The molecule has 2 rings (SSSR count). The molecule has 1 aromatic heterocycles. The zero-order valence-electron chi connectivity index (χ0n) is 13.3. The lowest BCUT2D eigenvalue weighted by atomic mass is 10.2. The Hall–Kier alpha value is -2.11. The van der Waals surface area contributed by atoms with Gasteiger partial charge in [-0.15, -0.1) is 0 Å². The number of anilines is 1. The summed E-state index contributed by atoms with van der Waals surface area (Å²) in [5.41, 5.74) is 1.86. The number of methoxy groups -OCH3 is 1. The molecule has 0 aliphatic rings. The molecule has 0 atom stereocenters. The van der Waals surface area contributed by atoms with Crippen LogP contribution in [0.2, 0.25) is 5.02 Å². The van der Waals surface area contributed by atoms with Gasteiger partial charge in [0.2, 0.25) is 5.91 Å². The lowest BCUT2D eigenvalue weighted by molar-refractivity contribution is -0.117. The molecule has 0 bridgehead atoms. The van der Waals surface area contributed by atoms with Gasteiger partial charge in [-0.25, -0.2) is 0 Å². The number of ether oxygens (including phenoxy) is 1. The van der Waals surface area contributed by atoms with Gasteiger partial charge >= 0.3 is 0 Å². The smallest absolute Gasteiger partial charge is 0.238 e. The Morgan fingerprint density at radius 1 is 1.30 bits per heavy atom. The molecule has 122 valence electrons. The van der Waals surface area contributed by atoms with Crippen LogP contribution in [-0.2, 0) is 11.2 Å². The van der Waals surface area contributed by atoms with Gasteiger partial charge in [-0.3, -0.25) is 14.7 Å². The van der Waals surface area contributed by atoms with Crippen LogP contribution in [-0.4, -0.2) is 43.0 Å². The molecule has 0 saturated heterocycles. The third-order valence-corrected chi connectivity index (χ3v) is 3.68. The average molecular weight is 334 g/mol. The number of likely N-dealkylation sites (N-methyl/N-ethyl adjacent to an activating group) is 1. The first-order valence-corrected chi connectivity index (χ1v) is 7.67. The van der Waals surface area contributed by atoms with Gasteiger partial charge in [-0.2, -0.15) is 0 Å². The quantitative estimate of drug-likeness (QED) is 0.846. The number of hydrogen-bond acceptors (Lipinski definition) is 4. The van der Waals surface area contributed by atoms with E-state index in [0.717, 1.165) is 13.0 Å². The molecule has 6 heteroatoms. The van der Waals surface area contributed by atoms with Crippen molar-refractivity contribution in [3.63, 3.8) is 0 Å². The fourth-order valence-electron chi connectivity index (χ4n) is 2.14. The zero-order chi connectivity index (χ0) is 16.7. The van der Waals surface area contributed by atoms with Crippen LogP contribution in [0.3, 0.4) is 0 Å². The summed E-state index contributed by atoms with van der Waals surface area (Å²) in [6, 6.07) is 9.13. The van der Waals surface area contributed by atoms with Crippen LogP contribution in [0, 0.1) is 0 Å². The predicted molar refractivity (Wildman–Crippen MR) is 92.1 cm³/mol. The van der Waals surface area contributed by atoms with Gasteiger partial charge in [0.15, 0.2) is 0 Å². The van der Waals surface area contributed by atoms with E-state index in [1.807, 2.05) is 24.1 Å². The number of rotatable bonds is 7. The number of nitrogens with zero attached hydrogens (tertiary/aromatic N) is 2. The van der Waals surface area contributed by atoms with Gasteiger partial charge in [0.05, 0.1) is 18.7 Å². The first-order valence-electron chi connectivity index (χ1n) is 7.29. The highest BCUT2D eigenvalue weighted by Gasteiger charge is 2.09. The van der Waals surface area contributed by atoms with Gasteiger partial charge in [-0.1, -0.05) is 11.6 Å². The predicted octanol–water partition coefficient (Wildman–Crippen LogP) is 2.86. The number of carbonyl (C=O) groups excluding carboxylic acids is 1. The van der Waals surface area contributed by atoms with E-state index >= 15 is 0 Å². The number of carbonyl (C=O) groups is 1. The molecule has 0 radical (unpaired) electrons. The molecule has 1 N–H and O–H groups in total. The van der Waals surface area contributed by atoms with Crippen LogP contribution in [0.25, 0.3) is 0 Å². The van der Waals surface area contributed by atoms with Crippen LogP contribution in [0.5, 0.6) is 5.75 Å². The zero-order valence-corrected chi connectivity index (χ0v) is 14.0. The minimum atomic E-state index is -0.0801. The van der Waals surface area contributed by atoms with Gasteiger partial charge in [-0.05, 0) is 49.4 Å². The highest BCUT2D eigenvalue weighted by molar-refractivity contribution is 6.32. The Morgan fingerprint density at radius 3 is 2.70 bits per heavy atom. The maximum absolute atomic E-state index is 12.1. The van der Waals surface area contributed by atoms with Crippen molar-refractivity contribution >= 4 is 23.2 Å².